The Morgan fingerprint density at radius 1 is 1.07 bits per heavy atom. The average Bonchev–Trinajstić information content (AvgIpc) is 3.21. The Morgan fingerprint density at radius 2 is 1.70 bits per heavy atom. The summed E-state index contributed by atoms with van der Waals surface area (Å²) >= 11 is 0. The van der Waals surface area contributed by atoms with Crippen LogP contribution in [0.3, 0.4) is 0 Å². The second-order valence-electron chi connectivity index (χ2n) is 7.89. The van der Waals surface area contributed by atoms with E-state index in [1.807, 2.05) is 24.3 Å². The first-order valence-corrected chi connectivity index (χ1v) is 9.45. The third-order valence-electron chi connectivity index (χ3n) is 6.59. The Morgan fingerprint density at radius 3 is 2.26 bits per heavy atom. The number of benzene rings is 2. The third kappa shape index (κ3) is 2.45. The maximum atomic E-state index is 12.3. The summed E-state index contributed by atoms with van der Waals surface area (Å²) in [4.78, 5) is 23.7. The first kappa shape index (κ1) is 16.4. The second-order valence-corrected chi connectivity index (χ2v) is 7.89. The van der Waals surface area contributed by atoms with Crippen LogP contribution in [-0.2, 0) is 9.53 Å². The first-order valence-electron chi connectivity index (χ1n) is 9.45. The van der Waals surface area contributed by atoms with Crippen LogP contribution in [0.15, 0.2) is 48.5 Å². The lowest BCUT2D eigenvalue weighted by molar-refractivity contribution is -0.143. The lowest BCUT2D eigenvalue weighted by Crippen LogP contribution is -2.36. The number of ether oxygens (including phenoxy) is 1. The van der Waals surface area contributed by atoms with Gasteiger partial charge in [-0.2, -0.15) is 0 Å². The number of amides is 1. The van der Waals surface area contributed by atoms with Crippen molar-refractivity contribution in [3.63, 3.8) is 0 Å². The summed E-state index contributed by atoms with van der Waals surface area (Å²) in [7, 11) is 0. The summed E-state index contributed by atoms with van der Waals surface area (Å²) < 4.78 is 5.56. The highest BCUT2D eigenvalue weighted by Crippen LogP contribution is 2.63. The topological polar surface area (TPSA) is 75.6 Å². The molecule has 27 heavy (non-hydrogen) atoms. The van der Waals surface area contributed by atoms with Crippen molar-refractivity contribution in [2.24, 2.45) is 11.3 Å². The molecule has 2 aromatic carbocycles. The van der Waals surface area contributed by atoms with Crippen LogP contribution in [0, 0.1) is 11.3 Å². The number of carbonyl (C=O) groups excluding carboxylic acids is 1. The number of hydrogen-bond donors (Lipinski definition) is 2. The fraction of sp³-hybridized carbons (Fsp3) is 0.364. The zero-order valence-corrected chi connectivity index (χ0v) is 14.9. The van der Waals surface area contributed by atoms with Crippen molar-refractivity contribution < 1.29 is 19.4 Å². The lowest BCUT2D eigenvalue weighted by atomic mass is 9.98. The summed E-state index contributed by atoms with van der Waals surface area (Å²) in [5.41, 5.74) is 4.16. The molecule has 0 spiro atoms. The predicted molar refractivity (Wildman–Crippen MR) is 99.4 cm³/mol. The zero-order chi connectivity index (χ0) is 18.6. The minimum atomic E-state index is -0.732. The van der Waals surface area contributed by atoms with Crippen molar-refractivity contribution in [1.29, 1.82) is 0 Å². The van der Waals surface area contributed by atoms with Gasteiger partial charge in [-0.15, -0.1) is 0 Å². The van der Waals surface area contributed by atoms with Crippen LogP contribution in [-0.4, -0.2) is 29.8 Å². The average molecular weight is 363 g/mol. The molecule has 3 aliphatic rings. The van der Waals surface area contributed by atoms with Crippen molar-refractivity contribution in [3.8, 4) is 11.1 Å². The van der Waals surface area contributed by atoms with Gasteiger partial charge in [-0.05, 0) is 47.4 Å². The van der Waals surface area contributed by atoms with Crippen molar-refractivity contribution in [2.45, 2.75) is 31.2 Å². The number of aliphatic carboxylic acids is 1. The Balaban J connectivity index is 1.26. The Hall–Kier alpha value is -2.82. The molecule has 0 aromatic heterocycles. The van der Waals surface area contributed by atoms with E-state index in [4.69, 9.17) is 4.74 Å². The van der Waals surface area contributed by atoms with Crippen LogP contribution in [0.25, 0.3) is 11.1 Å². The molecule has 0 saturated heterocycles. The first-order chi connectivity index (χ1) is 13.1. The summed E-state index contributed by atoms with van der Waals surface area (Å²) in [6.45, 7) is 0.279. The van der Waals surface area contributed by atoms with E-state index >= 15 is 0 Å². The normalized spacial score (nSPS) is 27.4. The van der Waals surface area contributed by atoms with E-state index in [0.717, 1.165) is 0 Å². The van der Waals surface area contributed by atoms with Gasteiger partial charge in [0.2, 0.25) is 0 Å². The molecule has 0 heterocycles. The quantitative estimate of drug-likeness (QED) is 0.867. The van der Waals surface area contributed by atoms with Gasteiger partial charge >= 0.3 is 12.1 Å². The fourth-order valence-corrected chi connectivity index (χ4v) is 5.08. The van der Waals surface area contributed by atoms with E-state index in [0.29, 0.717) is 19.3 Å². The summed E-state index contributed by atoms with van der Waals surface area (Å²) in [5.74, 6) is -0.648. The summed E-state index contributed by atoms with van der Waals surface area (Å²) in [6.07, 6.45) is 1.56. The molecular weight excluding hydrogens is 342 g/mol. The molecule has 2 fully saturated rings. The molecule has 5 nitrogen and oxygen atoms in total. The van der Waals surface area contributed by atoms with Gasteiger partial charge in [-0.1, -0.05) is 48.5 Å². The highest BCUT2D eigenvalue weighted by molar-refractivity contribution is 5.80. The van der Waals surface area contributed by atoms with Crippen molar-refractivity contribution in [3.05, 3.63) is 59.7 Å². The van der Waals surface area contributed by atoms with Crippen LogP contribution >= 0.6 is 0 Å². The Kier molecular flexibility index (Phi) is 3.54. The van der Waals surface area contributed by atoms with E-state index < -0.39 is 17.5 Å². The van der Waals surface area contributed by atoms with Crippen LogP contribution < -0.4 is 5.32 Å². The molecular formula is C22H21NO4. The van der Waals surface area contributed by atoms with E-state index in [1.165, 1.54) is 22.3 Å². The third-order valence-corrected chi connectivity index (χ3v) is 6.59. The van der Waals surface area contributed by atoms with Gasteiger partial charge in [0.05, 0.1) is 5.41 Å². The molecule has 0 radical (unpaired) electrons. The van der Waals surface area contributed by atoms with Gasteiger partial charge in [-0.3, -0.25) is 4.79 Å². The Bertz CT molecular complexity index is 894. The standard InChI is InChI=1S/C22H21NO4/c24-20(25)22-10-9-19(18(22)11-22)23-21(26)27-12-17-15-7-3-1-5-13(15)14-6-2-4-8-16(14)17/h1-8,17-19H,9-12H2,(H,23,26)(H,24,25)/t18-,19+,22+/m0/s1. The molecule has 0 aliphatic heterocycles. The van der Waals surface area contributed by atoms with Crippen LogP contribution in [0.4, 0.5) is 4.79 Å². The molecule has 5 rings (SSSR count). The van der Waals surface area contributed by atoms with Gasteiger partial charge in [0, 0.05) is 12.0 Å². The number of carboxylic acids is 1. The summed E-state index contributed by atoms with van der Waals surface area (Å²) in [5, 5.41) is 12.3. The van der Waals surface area contributed by atoms with Crippen LogP contribution in [0.2, 0.25) is 0 Å². The van der Waals surface area contributed by atoms with E-state index in [2.05, 4.69) is 29.6 Å². The highest BCUT2D eigenvalue weighted by atomic mass is 16.5. The monoisotopic (exact) mass is 363 g/mol. The minimum Gasteiger partial charge on any atom is -0.481 e. The number of alkyl carbamates (subject to hydrolysis) is 1. The lowest BCUT2D eigenvalue weighted by Gasteiger charge is -2.17. The number of rotatable bonds is 4. The van der Waals surface area contributed by atoms with E-state index in [9.17, 15) is 14.7 Å². The number of fused-ring (bicyclic) bond motifs is 4. The number of nitrogens with one attached hydrogen (secondary N) is 1. The van der Waals surface area contributed by atoms with Gasteiger partial charge in [-0.25, -0.2) is 4.79 Å². The molecule has 1 amide bonds. The van der Waals surface area contributed by atoms with Crippen molar-refractivity contribution in [1.82, 2.24) is 5.32 Å². The maximum absolute atomic E-state index is 12.3. The second kappa shape index (κ2) is 5.84. The SMILES string of the molecule is O=C(N[C@@H]1CC[C@@]2(C(=O)O)C[C@@H]12)OCC1c2ccccc2-c2ccccc21. The van der Waals surface area contributed by atoms with E-state index in [-0.39, 0.29) is 24.5 Å². The molecule has 5 heteroatoms. The zero-order valence-electron chi connectivity index (χ0n) is 14.9. The minimum absolute atomic E-state index is 0.0331. The molecule has 3 atom stereocenters. The molecule has 2 aromatic rings. The highest BCUT2D eigenvalue weighted by Gasteiger charge is 2.67. The van der Waals surface area contributed by atoms with Crippen molar-refractivity contribution in [2.75, 3.05) is 6.61 Å². The van der Waals surface area contributed by atoms with Gasteiger partial charge in [0.25, 0.3) is 0 Å². The van der Waals surface area contributed by atoms with Crippen LogP contribution in [0.1, 0.15) is 36.3 Å². The van der Waals surface area contributed by atoms with Gasteiger partial charge in [0.15, 0.2) is 0 Å². The maximum Gasteiger partial charge on any atom is 0.407 e. The number of carbonyl (C=O) groups is 2. The van der Waals surface area contributed by atoms with Gasteiger partial charge in [0.1, 0.15) is 6.61 Å². The number of carboxylic acid groups (broad SMARTS) is 1. The number of hydrogen-bond acceptors (Lipinski definition) is 3. The predicted octanol–water partition coefficient (Wildman–Crippen LogP) is 3.78. The largest absolute Gasteiger partial charge is 0.481 e. The smallest absolute Gasteiger partial charge is 0.407 e. The summed E-state index contributed by atoms with van der Waals surface area (Å²) in [6, 6.07) is 16.4. The fourth-order valence-electron chi connectivity index (χ4n) is 5.08. The molecule has 2 N–H and O–H groups in total. The molecule has 3 aliphatic carbocycles. The molecule has 0 bridgehead atoms. The van der Waals surface area contributed by atoms with Crippen LogP contribution in [0.5, 0.6) is 0 Å². The van der Waals surface area contributed by atoms with Gasteiger partial charge < -0.3 is 15.2 Å². The molecule has 138 valence electrons. The molecule has 2 saturated carbocycles. The van der Waals surface area contributed by atoms with Crippen molar-refractivity contribution >= 4 is 12.1 Å². The Labute approximate surface area is 157 Å². The van der Waals surface area contributed by atoms with E-state index in [1.54, 1.807) is 0 Å². The molecule has 0 unspecified atom stereocenters.